The van der Waals surface area contributed by atoms with Gasteiger partial charge < -0.3 is 15.2 Å². The Balaban J connectivity index is 1.76. The van der Waals surface area contributed by atoms with Crippen LogP contribution in [0.2, 0.25) is 0 Å². The molecule has 0 aromatic carbocycles. The number of aliphatic hydroxyl groups is 1. The van der Waals surface area contributed by atoms with E-state index in [0.717, 1.165) is 32.4 Å². The lowest BCUT2D eigenvalue weighted by Crippen LogP contribution is -2.52. The summed E-state index contributed by atoms with van der Waals surface area (Å²) in [5.41, 5.74) is -0.0149. The molecule has 0 spiro atoms. The zero-order chi connectivity index (χ0) is 12.8. The Morgan fingerprint density at radius 3 is 2.72 bits per heavy atom. The summed E-state index contributed by atoms with van der Waals surface area (Å²) in [6.45, 7) is 4.36. The number of rotatable bonds is 8. The number of aliphatic hydroxyl groups excluding tert-OH is 1. The fourth-order valence-corrected chi connectivity index (χ4v) is 3.35. The number of hydrogen-bond acceptors (Lipinski definition) is 3. The van der Waals surface area contributed by atoms with Gasteiger partial charge in [0.2, 0.25) is 0 Å². The zero-order valence-corrected chi connectivity index (χ0v) is 11.8. The minimum absolute atomic E-state index is 0.0149. The maximum absolute atomic E-state index is 9.78. The molecule has 0 amide bonds. The lowest BCUT2D eigenvalue weighted by atomic mass is 9.85. The van der Waals surface area contributed by atoms with Crippen LogP contribution in [0.15, 0.2) is 0 Å². The van der Waals surface area contributed by atoms with Gasteiger partial charge in [-0.1, -0.05) is 13.3 Å². The van der Waals surface area contributed by atoms with E-state index in [0.29, 0.717) is 12.0 Å². The molecule has 2 rings (SSSR count). The van der Waals surface area contributed by atoms with E-state index in [1.54, 1.807) is 0 Å². The van der Waals surface area contributed by atoms with Crippen LogP contribution in [0.5, 0.6) is 0 Å². The van der Waals surface area contributed by atoms with Gasteiger partial charge in [-0.05, 0) is 57.4 Å². The summed E-state index contributed by atoms with van der Waals surface area (Å²) < 4.78 is 5.87. The molecule has 0 bridgehead atoms. The van der Waals surface area contributed by atoms with Crippen molar-refractivity contribution in [1.29, 1.82) is 0 Å². The first-order chi connectivity index (χ1) is 8.80. The molecule has 18 heavy (non-hydrogen) atoms. The van der Waals surface area contributed by atoms with Gasteiger partial charge in [-0.25, -0.2) is 0 Å². The quantitative estimate of drug-likeness (QED) is 0.700. The summed E-state index contributed by atoms with van der Waals surface area (Å²) in [6.07, 6.45) is 10.2. The highest BCUT2D eigenvalue weighted by Gasteiger charge is 2.41. The Labute approximate surface area is 111 Å². The second-order valence-electron chi connectivity index (χ2n) is 6.04. The second kappa shape index (κ2) is 6.88. The van der Waals surface area contributed by atoms with E-state index >= 15 is 0 Å². The normalized spacial score (nSPS) is 32.7. The summed E-state index contributed by atoms with van der Waals surface area (Å²) >= 11 is 0. The Hall–Kier alpha value is -0.120. The first-order valence-corrected chi connectivity index (χ1v) is 7.78. The molecule has 0 aromatic rings. The average Bonchev–Trinajstić information content (AvgIpc) is 2.73. The van der Waals surface area contributed by atoms with Gasteiger partial charge in [0, 0.05) is 12.1 Å². The fraction of sp³-hybridized carbons (Fsp3) is 1.00. The van der Waals surface area contributed by atoms with Gasteiger partial charge in [0.05, 0.1) is 12.7 Å². The van der Waals surface area contributed by atoms with Crippen LogP contribution in [0.3, 0.4) is 0 Å². The third-order valence-corrected chi connectivity index (χ3v) is 4.84. The highest BCUT2D eigenvalue weighted by Crippen LogP contribution is 2.38. The van der Waals surface area contributed by atoms with Crippen molar-refractivity contribution in [3.8, 4) is 0 Å². The minimum Gasteiger partial charge on any atom is -0.394 e. The van der Waals surface area contributed by atoms with E-state index in [2.05, 4.69) is 12.2 Å². The second-order valence-corrected chi connectivity index (χ2v) is 6.04. The summed E-state index contributed by atoms with van der Waals surface area (Å²) in [4.78, 5) is 0. The van der Waals surface area contributed by atoms with Gasteiger partial charge in [-0.15, -0.1) is 0 Å². The van der Waals surface area contributed by atoms with Gasteiger partial charge in [0.1, 0.15) is 0 Å². The number of hydrogen-bond donors (Lipinski definition) is 2. The molecule has 2 fully saturated rings. The van der Waals surface area contributed by atoms with Crippen LogP contribution < -0.4 is 5.32 Å². The molecular formula is C15H29NO2. The van der Waals surface area contributed by atoms with E-state index in [1.165, 1.54) is 32.1 Å². The van der Waals surface area contributed by atoms with Crippen molar-refractivity contribution in [2.75, 3.05) is 19.8 Å². The average molecular weight is 255 g/mol. The SMILES string of the molecule is CCCNC1(CO)CCCC1CCOC1CCC1. The van der Waals surface area contributed by atoms with Crippen molar-refractivity contribution in [3.63, 3.8) is 0 Å². The maximum Gasteiger partial charge on any atom is 0.0616 e. The molecule has 0 radical (unpaired) electrons. The molecule has 0 aliphatic heterocycles. The summed E-state index contributed by atoms with van der Waals surface area (Å²) in [6, 6.07) is 0. The van der Waals surface area contributed by atoms with E-state index in [9.17, 15) is 5.11 Å². The van der Waals surface area contributed by atoms with Crippen molar-refractivity contribution in [2.24, 2.45) is 5.92 Å². The van der Waals surface area contributed by atoms with Crippen molar-refractivity contribution >= 4 is 0 Å². The molecule has 106 valence electrons. The third kappa shape index (κ3) is 3.25. The highest BCUT2D eigenvalue weighted by molar-refractivity contribution is 4.98. The predicted octanol–water partition coefficient (Wildman–Crippen LogP) is 2.48. The molecule has 2 N–H and O–H groups in total. The molecule has 2 aliphatic carbocycles. The Kier molecular flexibility index (Phi) is 5.46. The summed E-state index contributed by atoms with van der Waals surface area (Å²) in [5, 5.41) is 13.4. The molecule has 2 saturated carbocycles. The Morgan fingerprint density at radius 2 is 2.11 bits per heavy atom. The first kappa shape index (κ1) is 14.3. The smallest absolute Gasteiger partial charge is 0.0616 e. The van der Waals surface area contributed by atoms with Gasteiger partial charge in [-0.3, -0.25) is 0 Å². The fourth-order valence-electron chi connectivity index (χ4n) is 3.35. The van der Waals surface area contributed by atoms with Crippen LogP contribution in [0.4, 0.5) is 0 Å². The zero-order valence-electron chi connectivity index (χ0n) is 11.8. The van der Waals surface area contributed by atoms with E-state index < -0.39 is 0 Å². The highest BCUT2D eigenvalue weighted by atomic mass is 16.5. The van der Waals surface area contributed by atoms with E-state index in [-0.39, 0.29) is 12.1 Å². The van der Waals surface area contributed by atoms with E-state index in [4.69, 9.17) is 4.74 Å². The van der Waals surface area contributed by atoms with Crippen LogP contribution in [0.25, 0.3) is 0 Å². The van der Waals surface area contributed by atoms with E-state index in [1.807, 2.05) is 0 Å². The van der Waals surface area contributed by atoms with Gasteiger partial charge in [0.25, 0.3) is 0 Å². The number of nitrogens with one attached hydrogen (secondary N) is 1. The van der Waals surface area contributed by atoms with Crippen LogP contribution in [0, 0.1) is 5.92 Å². The van der Waals surface area contributed by atoms with Crippen molar-refractivity contribution in [2.45, 2.75) is 69.9 Å². The van der Waals surface area contributed by atoms with Crippen LogP contribution in [-0.4, -0.2) is 36.5 Å². The van der Waals surface area contributed by atoms with Crippen molar-refractivity contribution in [3.05, 3.63) is 0 Å². The molecule has 2 atom stereocenters. The monoisotopic (exact) mass is 255 g/mol. The topological polar surface area (TPSA) is 41.5 Å². The van der Waals surface area contributed by atoms with Gasteiger partial charge in [-0.2, -0.15) is 0 Å². The third-order valence-electron chi connectivity index (χ3n) is 4.84. The molecule has 3 heteroatoms. The maximum atomic E-state index is 9.78. The molecule has 0 heterocycles. The van der Waals surface area contributed by atoms with Crippen LogP contribution >= 0.6 is 0 Å². The first-order valence-electron chi connectivity index (χ1n) is 7.78. The Morgan fingerprint density at radius 1 is 1.28 bits per heavy atom. The Bertz CT molecular complexity index is 243. The van der Waals surface area contributed by atoms with Crippen LogP contribution in [0.1, 0.15) is 58.3 Å². The molecule has 0 saturated heterocycles. The molecule has 2 aliphatic rings. The largest absolute Gasteiger partial charge is 0.394 e. The predicted molar refractivity (Wildman–Crippen MR) is 73.7 cm³/mol. The van der Waals surface area contributed by atoms with Gasteiger partial charge in [0.15, 0.2) is 0 Å². The molecule has 3 nitrogen and oxygen atoms in total. The molecule has 2 unspecified atom stereocenters. The molecule has 0 aromatic heterocycles. The van der Waals surface area contributed by atoms with Crippen molar-refractivity contribution in [1.82, 2.24) is 5.32 Å². The molecular weight excluding hydrogens is 226 g/mol. The van der Waals surface area contributed by atoms with Gasteiger partial charge >= 0.3 is 0 Å². The summed E-state index contributed by atoms with van der Waals surface area (Å²) in [7, 11) is 0. The summed E-state index contributed by atoms with van der Waals surface area (Å²) in [5.74, 6) is 0.592. The lowest BCUT2D eigenvalue weighted by Gasteiger charge is -2.36. The lowest BCUT2D eigenvalue weighted by molar-refractivity contribution is -0.0103. The van der Waals surface area contributed by atoms with Crippen molar-refractivity contribution < 1.29 is 9.84 Å². The minimum atomic E-state index is -0.0149. The standard InChI is InChI=1S/C15H29NO2/c1-2-10-16-15(12-17)9-4-5-13(15)8-11-18-14-6-3-7-14/h13-14,16-17H,2-12H2,1H3. The number of ether oxygens (including phenoxy) is 1. The van der Waals surface area contributed by atoms with Crippen LogP contribution in [-0.2, 0) is 4.74 Å².